The summed E-state index contributed by atoms with van der Waals surface area (Å²) in [6.07, 6.45) is 3.83. The first-order valence-corrected chi connectivity index (χ1v) is 9.27. The normalized spacial score (nSPS) is 12.3. The number of methoxy groups -OCH3 is 1. The van der Waals surface area contributed by atoms with Crippen LogP contribution in [0, 0.1) is 5.92 Å². The maximum absolute atomic E-state index is 11.9. The molecule has 0 aromatic carbocycles. The van der Waals surface area contributed by atoms with Gasteiger partial charge in [0.15, 0.2) is 5.82 Å². The molecule has 8 heteroatoms. The van der Waals surface area contributed by atoms with E-state index in [1.165, 1.54) is 6.33 Å². The number of fused-ring (bicyclic) bond motifs is 1. The second-order valence-corrected chi connectivity index (χ2v) is 6.71. The molecule has 0 aliphatic carbocycles. The van der Waals surface area contributed by atoms with Crippen LogP contribution in [0.5, 0.6) is 0 Å². The summed E-state index contributed by atoms with van der Waals surface area (Å²) in [4.78, 5) is 27.6. The van der Waals surface area contributed by atoms with Gasteiger partial charge >= 0.3 is 5.97 Å². The zero-order valence-electron chi connectivity index (χ0n) is 16.4. The molecular weight excluding hydrogens is 348 g/mol. The molecule has 1 atom stereocenters. The van der Waals surface area contributed by atoms with Gasteiger partial charge in [-0.3, -0.25) is 9.59 Å². The highest BCUT2D eigenvalue weighted by Crippen LogP contribution is 2.18. The van der Waals surface area contributed by atoms with Crippen molar-refractivity contribution in [2.24, 2.45) is 5.92 Å². The first-order valence-electron chi connectivity index (χ1n) is 9.27. The van der Waals surface area contributed by atoms with Gasteiger partial charge in [0.2, 0.25) is 5.91 Å². The molecule has 0 bridgehead atoms. The van der Waals surface area contributed by atoms with Crippen LogP contribution in [0.25, 0.3) is 5.52 Å². The molecule has 8 nitrogen and oxygen atoms in total. The van der Waals surface area contributed by atoms with Crippen molar-refractivity contribution >= 4 is 23.2 Å². The lowest BCUT2D eigenvalue weighted by atomic mass is 10.1. The first-order chi connectivity index (χ1) is 13.0. The molecule has 2 aromatic rings. The lowest BCUT2D eigenvalue weighted by molar-refractivity contribution is -0.151. The quantitative estimate of drug-likeness (QED) is 0.641. The van der Waals surface area contributed by atoms with Crippen molar-refractivity contribution in [2.75, 3.05) is 19.0 Å². The Hall–Kier alpha value is -2.48. The summed E-state index contributed by atoms with van der Waals surface area (Å²) in [6.45, 7) is 5.78. The van der Waals surface area contributed by atoms with Crippen LogP contribution in [0.1, 0.15) is 45.7 Å². The smallest absolute Gasteiger partial charge is 0.308 e. The molecule has 1 unspecified atom stereocenters. The SMILES string of the molecule is CCCC(=O)Nc1ncnn2c(CCC(COC(=O)C(C)C)OC)ccc12. The van der Waals surface area contributed by atoms with E-state index in [0.717, 1.165) is 17.6 Å². The van der Waals surface area contributed by atoms with E-state index in [9.17, 15) is 9.59 Å². The summed E-state index contributed by atoms with van der Waals surface area (Å²) in [5.74, 6) is 0.0524. The van der Waals surface area contributed by atoms with Gasteiger partial charge in [0.1, 0.15) is 18.5 Å². The van der Waals surface area contributed by atoms with Gasteiger partial charge in [-0.15, -0.1) is 0 Å². The fourth-order valence-corrected chi connectivity index (χ4v) is 2.61. The summed E-state index contributed by atoms with van der Waals surface area (Å²) in [6, 6.07) is 3.84. The Morgan fingerprint density at radius 3 is 2.74 bits per heavy atom. The van der Waals surface area contributed by atoms with E-state index in [1.54, 1.807) is 25.5 Å². The minimum absolute atomic E-state index is 0.0627. The average Bonchev–Trinajstić information content (AvgIpc) is 3.06. The fourth-order valence-electron chi connectivity index (χ4n) is 2.61. The largest absolute Gasteiger partial charge is 0.463 e. The molecule has 2 rings (SSSR count). The number of aryl methyl sites for hydroxylation is 1. The third-order valence-electron chi connectivity index (χ3n) is 4.20. The van der Waals surface area contributed by atoms with E-state index in [4.69, 9.17) is 9.47 Å². The molecule has 1 N–H and O–H groups in total. The lowest BCUT2D eigenvalue weighted by Gasteiger charge is -2.16. The van der Waals surface area contributed by atoms with Crippen LogP contribution in [0.3, 0.4) is 0 Å². The number of nitrogens with zero attached hydrogens (tertiary/aromatic N) is 3. The van der Waals surface area contributed by atoms with Gasteiger partial charge in [-0.1, -0.05) is 20.8 Å². The maximum atomic E-state index is 11.9. The predicted molar refractivity (Wildman–Crippen MR) is 101 cm³/mol. The minimum atomic E-state index is -0.231. The molecule has 0 radical (unpaired) electrons. The highest BCUT2D eigenvalue weighted by molar-refractivity contribution is 5.93. The molecule has 148 valence electrons. The van der Waals surface area contributed by atoms with Crippen molar-refractivity contribution in [1.29, 1.82) is 0 Å². The number of carbonyl (C=O) groups is 2. The molecule has 0 aliphatic heterocycles. The fraction of sp³-hybridized carbons (Fsp3) is 0.579. The minimum Gasteiger partial charge on any atom is -0.463 e. The van der Waals surface area contributed by atoms with Gasteiger partial charge in [0.05, 0.1) is 12.0 Å². The van der Waals surface area contributed by atoms with Gasteiger partial charge < -0.3 is 14.8 Å². The number of hydrogen-bond acceptors (Lipinski definition) is 6. The predicted octanol–water partition coefficient (Wildman–Crippen LogP) is 2.61. The Morgan fingerprint density at radius 2 is 2.07 bits per heavy atom. The molecule has 1 amide bonds. The third-order valence-corrected chi connectivity index (χ3v) is 4.20. The standard InChI is InChI=1S/C19H28N4O4/c1-5-6-17(24)22-18-16-10-8-14(23(16)21-12-20-18)7-9-15(26-4)11-27-19(25)13(2)3/h8,10,12-13,15H,5-7,9,11H2,1-4H3,(H,20,21,22,24). The molecule has 0 aliphatic rings. The van der Waals surface area contributed by atoms with E-state index in [2.05, 4.69) is 15.4 Å². The van der Waals surface area contributed by atoms with Crippen molar-refractivity contribution in [3.8, 4) is 0 Å². The van der Waals surface area contributed by atoms with Crippen LogP contribution >= 0.6 is 0 Å². The number of aromatic nitrogens is 3. The Morgan fingerprint density at radius 1 is 1.30 bits per heavy atom. The van der Waals surface area contributed by atoms with Crippen molar-refractivity contribution < 1.29 is 19.1 Å². The average molecular weight is 376 g/mol. The second-order valence-electron chi connectivity index (χ2n) is 6.71. The summed E-state index contributed by atoms with van der Waals surface area (Å²) in [5, 5.41) is 7.11. The van der Waals surface area contributed by atoms with Crippen LogP contribution < -0.4 is 5.32 Å². The molecule has 0 saturated heterocycles. The van der Waals surface area contributed by atoms with Gasteiger partial charge in [-0.25, -0.2) is 9.50 Å². The van der Waals surface area contributed by atoms with Gasteiger partial charge in [-0.05, 0) is 31.4 Å². The second kappa shape index (κ2) is 10.0. The maximum Gasteiger partial charge on any atom is 0.308 e. The Balaban J connectivity index is 2.02. The number of hydrogen-bond donors (Lipinski definition) is 1. The monoisotopic (exact) mass is 376 g/mol. The molecular formula is C19H28N4O4. The number of nitrogens with one attached hydrogen (secondary N) is 1. The number of carbonyl (C=O) groups excluding carboxylic acids is 2. The van der Waals surface area contributed by atoms with Gasteiger partial charge in [0, 0.05) is 19.2 Å². The topological polar surface area (TPSA) is 94.8 Å². The summed E-state index contributed by atoms with van der Waals surface area (Å²) in [7, 11) is 1.60. The van der Waals surface area contributed by atoms with Crippen molar-refractivity contribution in [3.63, 3.8) is 0 Å². The van der Waals surface area contributed by atoms with Crippen molar-refractivity contribution in [1.82, 2.24) is 14.6 Å². The molecule has 27 heavy (non-hydrogen) atoms. The molecule has 0 spiro atoms. The number of esters is 1. The number of ether oxygens (including phenoxy) is 2. The molecule has 0 saturated carbocycles. The third kappa shape index (κ3) is 5.75. The van der Waals surface area contributed by atoms with Crippen molar-refractivity contribution in [3.05, 3.63) is 24.2 Å². The van der Waals surface area contributed by atoms with Crippen LogP contribution in [-0.2, 0) is 25.5 Å². The highest BCUT2D eigenvalue weighted by atomic mass is 16.6. The number of amides is 1. The van der Waals surface area contributed by atoms with E-state index < -0.39 is 0 Å². The van der Waals surface area contributed by atoms with E-state index >= 15 is 0 Å². The van der Waals surface area contributed by atoms with E-state index in [-0.39, 0.29) is 30.5 Å². The summed E-state index contributed by atoms with van der Waals surface area (Å²) >= 11 is 0. The Labute approximate surface area is 159 Å². The molecule has 2 heterocycles. The number of anilines is 1. The molecule has 0 fully saturated rings. The zero-order chi connectivity index (χ0) is 19.8. The van der Waals surface area contributed by atoms with Crippen LogP contribution in [-0.4, -0.2) is 46.3 Å². The van der Waals surface area contributed by atoms with E-state index in [1.807, 2.05) is 19.1 Å². The van der Waals surface area contributed by atoms with E-state index in [0.29, 0.717) is 25.1 Å². The zero-order valence-corrected chi connectivity index (χ0v) is 16.4. The van der Waals surface area contributed by atoms with Crippen LogP contribution in [0.15, 0.2) is 18.5 Å². The van der Waals surface area contributed by atoms with Crippen LogP contribution in [0.4, 0.5) is 5.82 Å². The lowest BCUT2D eigenvalue weighted by Crippen LogP contribution is -2.23. The van der Waals surface area contributed by atoms with Crippen LogP contribution in [0.2, 0.25) is 0 Å². The summed E-state index contributed by atoms with van der Waals surface area (Å²) in [5.41, 5.74) is 1.72. The Kier molecular flexibility index (Phi) is 7.72. The Bertz CT molecular complexity index is 772. The number of rotatable bonds is 10. The highest BCUT2D eigenvalue weighted by Gasteiger charge is 2.16. The molecule has 2 aromatic heterocycles. The van der Waals surface area contributed by atoms with Crippen molar-refractivity contribution in [2.45, 2.75) is 52.6 Å². The summed E-state index contributed by atoms with van der Waals surface area (Å²) < 4.78 is 12.4. The first kappa shape index (κ1) is 20.8. The van der Waals surface area contributed by atoms with Gasteiger partial charge in [-0.2, -0.15) is 5.10 Å². The van der Waals surface area contributed by atoms with Gasteiger partial charge in [0.25, 0.3) is 0 Å².